The van der Waals surface area contributed by atoms with Crippen molar-refractivity contribution in [2.24, 2.45) is 0 Å². The molecule has 0 amide bonds. The molecule has 3 rings (SSSR count). The molecule has 2 heterocycles. The molecule has 8 heteroatoms. The molecular weight excluding hydrogens is 408 g/mol. The van der Waals surface area contributed by atoms with Gasteiger partial charge in [0.1, 0.15) is 11.9 Å². The Morgan fingerprint density at radius 3 is 2.65 bits per heavy atom. The van der Waals surface area contributed by atoms with Crippen molar-refractivity contribution in [1.29, 1.82) is 5.26 Å². The Morgan fingerprint density at radius 1 is 1.16 bits per heavy atom. The maximum Gasteiger partial charge on any atom is 0.166 e. The number of aryl methyl sites for hydroxylation is 2. The summed E-state index contributed by atoms with van der Waals surface area (Å²) in [5, 5.41) is 21.0. The number of thiocarbonyl (C=S) groups is 1. The van der Waals surface area contributed by atoms with Crippen molar-refractivity contribution >= 4 is 34.1 Å². The second-order valence-electron chi connectivity index (χ2n) is 7.85. The average molecular weight is 441 g/mol. The zero-order valence-corrected chi connectivity index (χ0v) is 19.3. The number of aromatic nitrogens is 1. The van der Waals surface area contributed by atoms with Gasteiger partial charge in [0.2, 0.25) is 0 Å². The summed E-state index contributed by atoms with van der Waals surface area (Å²) in [6, 6.07) is 8.25. The average Bonchev–Trinajstić information content (AvgIpc) is 2.79. The molecule has 3 N–H and O–H groups in total. The maximum atomic E-state index is 9.49. The first-order valence-electron chi connectivity index (χ1n) is 10.9. The van der Waals surface area contributed by atoms with Gasteiger partial charge in [0.05, 0.1) is 24.3 Å². The molecule has 1 aromatic heterocycles. The van der Waals surface area contributed by atoms with Crippen molar-refractivity contribution in [3.05, 3.63) is 34.9 Å². The zero-order valence-electron chi connectivity index (χ0n) is 18.5. The fourth-order valence-electron chi connectivity index (χ4n) is 3.59. The largest absolute Gasteiger partial charge is 0.379 e. The smallest absolute Gasteiger partial charge is 0.166 e. The topological polar surface area (TPSA) is 85.2 Å². The standard InChI is InChI=1S/C23H32N6OS/c1-17-5-6-19-15-20(16-24)22(28-21(19)18(17)2)25-7-3-8-26-23(31)27-9-4-10-29-11-13-30-14-12-29/h5-6,15H,3-4,7-14H2,1-2H3,(H,25,28)(H2,26,27,31). The highest BCUT2D eigenvalue weighted by Gasteiger charge is 2.10. The van der Waals surface area contributed by atoms with Crippen LogP contribution >= 0.6 is 12.2 Å². The van der Waals surface area contributed by atoms with E-state index in [2.05, 4.69) is 46.8 Å². The second-order valence-corrected chi connectivity index (χ2v) is 8.25. The minimum atomic E-state index is 0.571. The van der Waals surface area contributed by atoms with E-state index in [1.54, 1.807) is 0 Å². The molecule has 7 nitrogen and oxygen atoms in total. The number of rotatable bonds is 9. The summed E-state index contributed by atoms with van der Waals surface area (Å²) in [5.74, 6) is 0.646. The molecule has 1 saturated heterocycles. The second kappa shape index (κ2) is 11.8. The number of anilines is 1. The molecule has 1 aliphatic rings. The van der Waals surface area contributed by atoms with E-state index in [4.69, 9.17) is 21.9 Å². The summed E-state index contributed by atoms with van der Waals surface area (Å²) in [4.78, 5) is 7.15. The van der Waals surface area contributed by atoms with E-state index in [0.717, 1.165) is 75.2 Å². The van der Waals surface area contributed by atoms with Crippen LogP contribution in [0.4, 0.5) is 5.82 Å². The van der Waals surface area contributed by atoms with Gasteiger partial charge in [-0.3, -0.25) is 4.90 Å². The van der Waals surface area contributed by atoms with E-state index in [1.807, 2.05) is 12.1 Å². The molecule has 0 aliphatic carbocycles. The highest BCUT2D eigenvalue weighted by molar-refractivity contribution is 7.80. The Bertz CT molecular complexity index is 936. The minimum Gasteiger partial charge on any atom is -0.379 e. The monoisotopic (exact) mass is 440 g/mol. The van der Waals surface area contributed by atoms with Crippen molar-refractivity contribution in [1.82, 2.24) is 20.5 Å². The quantitative estimate of drug-likeness (QED) is 0.405. The number of pyridine rings is 1. The fraction of sp³-hybridized carbons (Fsp3) is 0.522. The third-order valence-electron chi connectivity index (χ3n) is 5.60. The van der Waals surface area contributed by atoms with Crippen LogP contribution in [0.1, 0.15) is 29.5 Å². The summed E-state index contributed by atoms with van der Waals surface area (Å²) >= 11 is 5.35. The fourth-order valence-corrected chi connectivity index (χ4v) is 3.80. The predicted octanol–water partition coefficient (Wildman–Crippen LogP) is 2.71. The highest BCUT2D eigenvalue weighted by Crippen LogP contribution is 2.24. The van der Waals surface area contributed by atoms with Crippen molar-refractivity contribution in [3.63, 3.8) is 0 Å². The third-order valence-corrected chi connectivity index (χ3v) is 5.89. The lowest BCUT2D eigenvalue weighted by Crippen LogP contribution is -2.40. The predicted molar refractivity (Wildman–Crippen MR) is 130 cm³/mol. The lowest BCUT2D eigenvalue weighted by atomic mass is 10.0. The van der Waals surface area contributed by atoms with Crippen LogP contribution in [0.25, 0.3) is 10.9 Å². The lowest BCUT2D eigenvalue weighted by Gasteiger charge is -2.26. The third kappa shape index (κ3) is 6.76. The first-order valence-corrected chi connectivity index (χ1v) is 11.4. The van der Waals surface area contributed by atoms with Crippen LogP contribution in [-0.2, 0) is 4.74 Å². The van der Waals surface area contributed by atoms with Gasteiger partial charge in [0.15, 0.2) is 5.11 Å². The number of nitrogens with zero attached hydrogens (tertiary/aromatic N) is 3. The van der Waals surface area contributed by atoms with Gasteiger partial charge in [-0.25, -0.2) is 4.98 Å². The number of ether oxygens (including phenoxy) is 1. The van der Waals surface area contributed by atoms with Gasteiger partial charge in [-0.15, -0.1) is 0 Å². The Labute approximate surface area is 190 Å². The number of hydrogen-bond donors (Lipinski definition) is 3. The molecule has 0 unspecified atom stereocenters. The number of benzene rings is 1. The Morgan fingerprint density at radius 2 is 1.90 bits per heavy atom. The molecule has 166 valence electrons. The molecule has 31 heavy (non-hydrogen) atoms. The number of hydrogen-bond acceptors (Lipinski definition) is 6. The van der Waals surface area contributed by atoms with Crippen molar-refractivity contribution < 1.29 is 4.74 Å². The number of morpholine rings is 1. The van der Waals surface area contributed by atoms with E-state index in [1.165, 1.54) is 5.56 Å². The van der Waals surface area contributed by atoms with Gasteiger partial charge in [-0.05, 0) is 62.6 Å². The van der Waals surface area contributed by atoms with Crippen molar-refractivity contribution in [2.45, 2.75) is 26.7 Å². The van der Waals surface area contributed by atoms with E-state index < -0.39 is 0 Å². The van der Waals surface area contributed by atoms with Crippen LogP contribution in [0.3, 0.4) is 0 Å². The highest BCUT2D eigenvalue weighted by atomic mass is 32.1. The zero-order chi connectivity index (χ0) is 22.1. The molecule has 1 aliphatic heterocycles. The summed E-state index contributed by atoms with van der Waals surface area (Å²) < 4.78 is 5.37. The van der Waals surface area contributed by atoms with Crippen LogP contribution in [0, 0.1) is 25.2 Å². The van der Waals surface area contributed by atoms with Crippen LogP contribution in [0.15, 0.2) is 18.2 Å². The lowest BCUT2D eigenvalue weighted by molar-refractivity contribution is 0.0376. The molecule has 0 spiro atoms. The SMILES string of the molecule is Cc1ccc2cc(C#N)c(NCCCNC(=S)NCCCN3CCOCC3)nc2c1C. The molecule has 2 aromatic rings. The molecular formula is C23H32N6OS. The van der Waals surface area contributed by atoms with Gasteiger partial charge in [-0.1, -0.05) is 12.1 Å². The van der Waals surface area contributed by atoms with Crippen LogP contribution < -0.4 is 16.0 Å². The Kier molecular flexibility index (Phi) is 8.83. The van der Waals surface area contributed by atoms with Gasteiger partial charge < -0.3 is 20.7 Å². The van der Waals surface area contributed by atoms with Crippen molar-refractivity contribution in [3.8, 4) is 6.07 Å². The number of nitriles is 1. The first kappa shape index (κ1) is 23.2. The molecule has 0 saturated carbocycles. The van der Waals surface area contributed by atoms with Gasteiger partial charge >= 0.3 is 0 Å². The van der Waals surface area contributed by atoms with E-state index in [0.29, 0.717) is 23.0 Å². The number of nitrogens with one attached hydrogen (secondary N) is 3. The van der Waals surface area contributed by atoms with Crippen LogP contribution in [0.2, 0.25) is 0 Å². The molecule has 1 aromatic carbocycles. The molecule has 0 atom stereocenters. The molecule has 0 bridgehead atoms. The van der Waals surface area contributed by atoms with E-state index >= 15 is 0 Å². The minimum absolute atomic E-state index is 0.571. The summed E-state index contributed by atoms with van der Waals surface area (Å²) in [6.45, 7) is 11.3. The van der Waals surface area contributed by atoms with Gasteiger partial charge in [0, 0.05) is 38.1 Å². The van der Waals surface area contributed by atoms with Crippen molar-refractivity contribution in [2.75, 3.05) is 57.8 Å². The molecule has 0 radical (unpaired) electrons. The Hall–Kier alpha value is -2.47. The maximum absolute atomic E-state index is 9.49. The van der Waals surface area contributed by atoms with Gasteiger partial charge in [0.25, 0.3) is 0 Å². The molecule has 1 fully saturated rings. The number of fused-ring (bicyclic) bond motifs is 1. The van der Waals surface area contributed by atoms with Crippen LogP contribution in [0.5, 0.6) is 0 Å². The first-order chi connectivity index (χ1) is 15.1. The normalized spacial score (nSPS) is 14.2. The summed E-state index contributed by atoms with van der Waals surface area (Å²) in [7, 11) is 0. The van der Waals surface area contributed by atoms with E-state index in [9.17, 15) is 5.26 Å². The van der Waals surface area contributed by atoms with Gasteiger partial charge in [-0.2, -0.15) is 5.26 Å². The Balaban J connectivity index is 1.36. The van der Waals surface area contributed by atoms with E-state index in [-0.39, 0.29) is 0 Å². The van der Waals surface area contributed by atoms with Crippen LogP contribution in [-0.4, -0.2) is 67.5 Å². The summed E-state index contributed by atoms with van der Waals surface area (Å²) in [6.07, 6.45) is 1.93. The summed E-state index contributed by atoms with van der Waals surface area (Å²) in [5.41, 5.74) is 3.87.